The normalized spacial score (nSPS) is 12.4. The van der Waals surface area contributed by atoms with Crippen LogP contribution in [0.15, 0.2) is 6.07 Å². The van der Waals surface area contributed by atoms with Crippen LogP contribution in [0, 0.1) is 20.8 Å². The average molecular weight is 525 g/mol. The van der Waals surface area contributed by atoms with E-state index in [0.717, 1.165) is 23.3 Å². The van der Waals surface area contributed by atoms with Crippen molar-refractivity contribution in [3.05, 3.63) is 22.8 Å². The lowest BCUT2D eigenvalue weighted by Gasteiger charge is -2.26. The first-order valence-corrected chi connectivity index (χ1v) is 14.8. The molecule has 200 valence electrons. The van der Waals surface area contributed by atoms with Gasteiger partial charge in [-0.1, -0.05) is 64.7 Å². The molecule has 0 heterocycles. The second kappa shape index (κ2) is 16.4. The fourth-order valence-corrected chi connectivity index (χ4v) is 5.23. The van der Waals surface area contributed by atoms with Crippen molar-refractivity contribution in [3.8, 4) is 5.75 Å². The summed E-state index contributed by atoms with van der Waals surface area (Å²) in [4.78, 5) is 25.8. The van der Waals surface area contributed by atoms with E-state index in [1.165, 1.54) is 57.8 Å². The van der Waals surface area contributed by atoms with Gasteiger partial charge in [0.2, 0.25) is 11.8 Å². The first kappa shape index (κ1) is 31.7. The number of amides is 2. The van der Waals surface area contributed by atoms with E-state index in [0.29, 0.717) is 11.3 Å². The summed E-state index contributed by atoms with van der Waals surface area (Å²) in [7, 11) is 0. The molecule has 0 bridgehead atoms. The molecule has 0 aliphatic rings. The van der Waals surface area contributed by atoms with E-state index in [-0.39, 0.29) is 23.3 Å². The minimum Gasteiger partial charge on any atom is -0.507 e. The number of rotatable bonds is 17. The first-order chi connectivity index (χ1) is 16.5. The highest BCUT2D eigenvalue weighted by molar-refractivity contribution is 8.01. The molecule has 1 aromatic rings. The summed E-state index contributed by atoms with van der Waals surface area (Å²) in [6.07, 6.45) is 13.0. The molecule has 35 heavy (non-hydrogen) atoms. The summed E-state index contributed by atoms with van der Waals surface area (Å²) in [5, 5.41) is 15.9. The number of thiol groups is 1. The third kappa shape index (κ3) is 11.1. The Morgan fingerprint density at radius 3 is 2.06 bits per heavy atom. The molecule has 3 N–H and O–H groups in total. The van der Waals surface area contributed by atoms with Crippen LogP contribution in [0.5, 0.6) is 5.75 Å². The van der Waals surface area contributed by atoms with Gasteiger partial charge >= 0.3 is 0 Å². The van der Waals surface area contributed by atoms with Crippen LogP contribution in [0.2, 0.25) is 0 Å². The van der Waals surface area contributed by atoms with Crippen molar-refractivity contribution in [1.29, 1.82) is 0 Å². The van der Waals surface area contributed by atoms with Gasteiger partial charge in [0.25, 0.3) is 0 Å². The van der Waals surface area contributed by atoms with Gasteiger partial charge in [-0.25, -0.2) is 0 Å². The summed E-state index contributed by atoms with van der Waals surface area (Å²) >= 11 is 5.95. The van der Waals surface area contributed by atoms with Gasteiger partial charge in [-0.05, 0) is 69.5 Å². The number of anilines is 1. The Balaban J connectivity index is 2.44. The van der Waals surface area contributed by atoms with E-state index in [9.17, 15) is 14.7 Å². The maximum absolute atomic E-state index is 12.9. The van der Waals surface area contributed by atoms with Gasteiger partial charge in [0.1, 0.15) is 11.8 Å². The third-order valence-corrected chi connectivity index (χ3v) is 8.39. The van der Waals surface area contributed by atoms with Crippen LogP contribution in [0.3, 0.4) is 0 Å². The Kier molecular flexibility index (Phi) is 14.9. The summed E-state index contributed by atoms with van der Waals surface area (Å²) in [6.45, 7) is 11.5. The molecule has 0 saturated carbocycles. The number of carbonyl (C=O) groups excluding carboxylic acids is 2. The van der Waals surface area contributed by atoms with Crippen LogP contribution >= 0.6 is 24.4 Å². The number of carbonyl (C=O) groups is 2. The molecule has 0 radical (unpaired) electrons. The van der Waals surface area contributed by atoms with E-state index in [4.69, 9.17) is 0 Å². The number of phenolic OH excluding ortho intramolecular Hbond substituents is 1. The lowest BCUT2D eigenvalue weighted by Crippen LogP contribution is -2.51. The van der Waals surface area contributed by atoms with Gasteiger partial charge in [0.15, 0.2) is 0 Å². The van der Waals surface area contributed by atoms with Gasteiger partial charge < -0.3 is 15.7 Å². The Bertz CT molecular complexity index is 812. The molecular formula is C28H48N2O3S2. The van der Waals surface area contributed by atoms with E-state index in [2.05, 4.69) is 30.2 Å². The largest absolute Gasteiger partial charge is 0.507 e. The fourth-order valence-electron chi connectivity index (χ4n) is 3.93. The molecule has 1 rings (SSSR count). The number of phenols is 1. The van der Waals surface area contributed by atoms with Crippen molar-refractivity contribution in [2.45, 2.75) is 117 Å². The number of aryl methyl sites for hydroxylation is 1. The van der Waals surface area contributed by atoms with E-state index in [1.807, 2.05) is 27.7 Å². The monoisotopic (exact) mass is 524 g/mol. The second-order valence-electron chi connectivity index (χ2n) is 10.1. The number of nitrogens with one attached hydrogen (secondary N) is 2. The highest BCUT2D eigenvalue weighted by atomic mass is 32.2. The molecule has 1 aromatic carbocycles. The van der Waals surface area contributed by atoms with Gasteiger partial charge in [0.05, 0.1) is 4.75 Å². The lowest BCUT2D eigenvalue weighted by atomic mass is 10.0. The summed E-state index contributed by atoms with van der Waals surface area (Å²) in [5.41, 5.74) is 2.87. The molecule has 1 atom stereocenters. The summed E-state index contributed by atoms with van der Waals surface area (Å²) in [5.74, 6) is 0.905. The van der Waals surface area contributed by atoms with Crippen LogP contribution in [-0.2, 0) is 9.59 Å². The standard InChI is InChI=1S/C28H48N2O3S2/c1-7-8-9-10-11-12-13-14-15-16-17-35-28(5,6)27(33)30-24(19-34)26(32)29-23-18-20(2)25(31)22(4)21(23)3/h18,24,31,34H,7-17,19H2,1-6H3,(H,29,32)(H,30,33). The van der Waals surface area contributed by atoms with Crippen LogP contribution in [0.25, 0.3) is 0 Å². The highest BCUT2D eigenvalue weighted by Gasteiger charge is 2.31. The summed E-state index contributed by atoms with van der Waals surface area (Å²) < 4.78 is -0.623. The van der Waals surface area contributed by atoms with Crippen LogP contribution in [0.4, 0.5) is 5.69 Å². The Morgan fingerprint density at radius 2 is 1.51 bits per heavy atom. The molecule has 0 fully saturated rings. The average Bonchev–Trinajstić information content (AvgIpc) is 2.82. The second-order valence-corrected chi connectivity index (χ2v) is 12.2. The lowest BCUT2D eigenvalue weighted by molar-refractivity contribution is -0.127. The first-order valence-electron chi connectivity index (χ1n) is 13.2. The number of hydrogen-bond acceptors (Lipinski definition) is 5. The van der Waals surface area contributed by atoms with Crippen molar-refractivity contribution in [3.63, 3.8) is 0 Å². The zero-order chi connectivity index (χ0) is 26.4. The Hall–Kier alpha value is -1.34. The molecule has 0 aliphatic carbocycles. The molecule has 0 spiro atoms. The SMILES string of the molecule is CCCCCCCCCCCCSC(C)(C)C(=O)NC(CS)C(=O)Nc1cc(C)c(O)c(C)c1C. The van der Waals surface area contributed by atoms with Crippen LogP contribution in [0.1, 0.15) is 102 Å². The number of unbranched alkanes of at least 4 members (excludes halogenated alkanes) is 9. The van der Waals surface area contributed by atoms with Crippen LogP contribution in [-0.4, -0.2) is 39.2 Å². The van der Waals surface area contributed by atoms with Crippen molar-refractivity contribution in [2.75, 3.05) is 16.8 Å². The highest BCUT2D eigenvalue weighted by Crippen LogP contribution is 2.31. The predicted octanol–water partition coefficient (Wildman–Crippen LogP) is 7.10. The molecule has 0 aromatic heterocycles. The molecular weight excluding hydrogens is 476 g/mol. The minimum absolute atomic E-state index is 0.154. The smallest absolute Gasteiger partial charge is 0.247 e. The van der Waals surface area contributed by atoms with E-state index in [1.54, 1.807) is 24.8 Å². The molecule has 1 unspecified atom stereocenters. The van der Waals surface area contributed by atoms with Crippen molar-refractivity contribution < 1.29 is 14.7 Å². The topological polar surface area (TPSA) is 78.4 Å². The van der Waals surface area contributed by atoms with Crippen molar-refractivity contribution in [1.82, 2.24) is 5.32 Å². The molecule has 0 saturated heterocycles. The summed E-state index contributed by atoms with van der Waals surface area (Å²) in [6, 6.07) is 1.01. The zero-order valence-corrected chi connectivity index (χ0v) is 24.5. The number of aromatic hydroxyl groups is 1. The predicted molar refractivity (Wildman–Crippen MR) is 155 cm³/mol. The molecule has 0 aliphatic heterocycles. The maximum Gasteiger partial charge on any atom is 0.247 e. The van der Waals surface area contributed by atoms with E-state index < -0.39 is 10.8 Å². The Labute approximate surface area is 223 Å². The molecule has 5 nitrogen and oxygen atoms in total. The van der Waals surface area contributed by atoms with Gasteiger partial charge in [-0.3, -0.25) is 9.59 Å². The molecule has 2 amide bonds. The van der Waals surface area contributed by atoms with Crippen LogP contribution < -0.4 is 10.6 Å². The number of hydrogen-bond donors (Lipinski definition) is 4. The molecule has 7 heteroatoms. The Morgan fingerprint density at radius 1 is 0.971 bits per heavy atom. The van der Waals surface area contributed by atoms with Gasteiger partial charge in [-0.15, -0.1) is 11.8 Å². The van der Waals surface area contributed by atoms with Gasteiger partial charge in [-0.2, -0.15) is 12.6 Å². The van der Waals surface area contributed by atoms with Gasteiger partial charge in [0, 0.05) is 11.4 Å². The fraction of sp³-hybridized carbons (Fsp3) is 0.714. The maximum atomic E-state index is 12.9. The van der Waals surface area contributed by atoms with Crippen molar-refractivity contribution in [2.24, 2.45) is 0 Å². The van der Waals surface area contributed by atoms with E-state index >= 15 is 0 Å². The van der Waals surface area contributed by atoms with Crippen molar-refractivity contribution >= 4 is 41.9 Å². The quantitative estimate of drug-likeness (QED) is 0.0995. The zero-order valence-electron chi connectivity index (χ0n) is 22.8. The minimum atomic E-state index is -0.739. The number of thioether (sulfide) groups is 1. The third-order valence-electron chi connectivity index (χ3n) is 6.63. The number of benzene rings is 1.